The monoisotopic (exact) mass is 413 g/mol. The van der Waals surface area contributed by atoms with Gasteiger partial charge in [0.25, 0.3) is 5.91 Å². The van der Waals surface area contributed by atoms with Crippen LogP contribution in [0.4, 0.5) is 5.69 Å². The van der Waals surface area contributed by atoms with Crippen molar-refractivity contribution < 1.29 is 9.59 Å². The maximum atomic E-state index is 12.9. The van der Waals surface area contributed by atoms with E-state index >= 15 is 0 Å². The topological polar surface area (TPSA) is 43.9 Å². The van der Waals surface area contributed by atoms with Crippen molar-refractivity contribution >= 4 is 28.3 Å². The molecule has 2 aliphatic heterocycles. The fraction of sp³-hybridized carbons (Fsp3) is 0.308. The summed E-state index contributed by atoms with van der Waals surface area (Å²) in [6, 6.07) is 22.4. The second-order valence-electron chi connectivity index (χ2n) is 8.38. The molecule has 3 aromatic rings. The van der Waals surface area contributed by atoms with Gasteiger partial charge in [-0.05, 0) is 29.5 Å². The summed E-state index contributed by atoms with van der Waals surface area (Å²) in [7, 11) is 0. The van der Waals surface area contributed by atoms with Crippen LogP contribution in [0.3, 0.4) is 0 Å². The molecule has 5 nitrogen and oxygen atoms in total. The highest BCUT2D eigenvalue weighted by Crippen LogP contribution is 2.37. The largest absolute Gasteiger partial charge is 0.340 e. The number of benzene rings is 3. The molecule has 0 atom stereocenters. The van der Waals surface area contributed by atoms with Crippen molar-refractivity contribution in [1.29, 1.82) is 0 Å². The number of carbonyl (C=O) groups excluding carboxylic acids is 2. The van der Waals surface area contributed by atoms with E-state index in [9.17, 15) is 9.59 Å². The molecule has 5 rings (SSSR count). The molecule has 0 aliphatic carbocycles. The number of rotatable bonds is 6. The summed E-state index contributed by atoms with van der Waals surface area (Å²) >= 11 is 0. The van der Waals surface area contributed by atoms with E-state index in [1.807, 2.05) is 52.3 Å². The zero-order chi connectivity index (χ0) is 21.2. The van der Waals surface area contributed by atoms with E-state index < -0.39 is 0 Å². The molecule has 31 heavy (non-hydrogen) atoms. The van der Waals surface area contributed by atoms with Crippen molar-refractivity contribution in [2.24, 2.45) is 0 Å². The molecule has 0 aromatic heterocycles. The van der Waals surface area contributed by atoms with E-state index in [1.54, 1.807) is 0 Å². The first kappa shape index (κ1) is 19.8. The van der Waals surface area contributed by atoms with Gasteiger partial charge in [-0.1, -0.05) is 54.6 Å². The van der Waals surface area contributed by atoms with Gasteiger partial charge in [-0.15, -0.1) is 0 Å². The SMILES string of the molecule is O=C(CCCN1C(=O)c2cccc3cccc1c23)N1CCN(Cc2ccccc2)CC1. The van der Waals surface area contributed by atoms with Crippen LogP contribution in [0.15, 0.2) is 66.7 Å². The first-order valence-corrected chi connectivity index (χ1v) is 11.1. The zero-order valence-corrected chi connectivity index (χ0v) is 17.7. The minimum atomic E-state index is 0.0498. The molecule has 2 heterocycles. The highest BCUT2D eigenvalue weighted by atomic mass is 16.2. The Morgan fingerprint density at radius 1 is 0.839 bits per heavy atom. The minimum absolute atomic E-state index is 0.0498. The fourth-order valence-corrected chi connectivity index (χ4v) is 4.74. The number of anilines is 1. The average Bonchev–Trinajstić information content (AvgIpc) is 3.08. The second kappa shape index (κ2) is 8.52. The van der Waals surface area contributed by atoms with Gasteiger partial charge in [0.05, 0.1) is 5.69 Å². The molecule has 0 unspecified atom stereocenters. The molecule has 2 aliphatic rings. The first-order chi connectivity index (χ1) is 15.2. The van der Waals surface area contributed by atoms with Crippen molar-refractivity contribution in [2.45, 2.75) is 19.4 Å². The van der Waals surface area contributed by atoms with Crippen LogP contribution in [0.2, 0.25) is 0 Å². The summed E-state index contributed by atoms with van der Waals surface area (Å²) in [6.45, 7) is 4.88. The summed E-state index contributed by atoms with van der Waals surface area (Å²) in [5.41, 5.74) is 3.06. The average molecular weight is 414 g/mol. The molecule has 158 valence electrons. The lowest BCUT2D eigenvalue weighted by Gasteiger charge is -2.35. The van der Waals surface area contributed by atoms with Gasteiger partial charge in [0.2, 0.25) is 5.91 Å². The van der Waals surface area contributed by atoms with Gasteiger partial charge < -0.3 is 9.80 Å². The molecule has 1 saturated heterocycles. The summed E-state index contributed by atoms with van der Waals surface area (Å²) in [6.07, 6.45) is 1.16. The third-order valence-corrected chi connectivity index (χ3v) is 6.40. The molecule has 1 fully saturated rings. The second-order valence-corrected chi connectivity index (χ2v) is 8.38. The van der Waals surface area contributed by atoms with E-state index in [2.05, 4.69) is 29.2 Å². The molecule has 0 N–H and O–H groups in total. The standard InChI is InChI=1S/C26H27N3O2/c30-24(28-17-15-27(16-18-28)19-20-7-2-1-3-8-20)13-6-14-29-23-12-5-10-21-9-4-11-22(25(21)23)26(29)31/h1-5,7-12H,6,13-19H2. The third-order valence-electron chi connectivity index (χ3n) is 6.40. The van der Waals surface area contributed by atoms with E-state index in [1.165, 1.54) is 5.56 Å². The third kappa shape index (κ3) is 3.93. The van der Waals surface area contributed by atoms with Crippen molar-refractivity contribution in [3.8, 4) is 0 Å². The summed E-state index contributed by atoms with van der Waals surface area (Å²) in [5, 5.41) is 2.13. The van der Waals surface area contributed by atoms with E-state index in [4.69, 9.17) is 0 Å². The van der Waals surface area contributed by atoms with E-state index in [-0.39, 0.29) is 11.8 Å². The zero-order valence-electron chi connectivity index (χ0n) is 17.7. The Kier molecular flexibility index (Phi) is 5.43. The maximum absolute atomic E-state index is 12.9. The number of hydrogen-bond acceptors (Lipinski definition) is 3. The van der Waals surface area contributed by atoms with Crippen LogP contribution in [-0.2, 0) is 11.3 Å². The van der Waals surface area contributed by atoms with Crippen molar-refractivity contribution in [2.75, 3.05) is 37.6 Å². The van der Waals surface area contributed by atoms with Gasteiger partial charge >= 0.3 is 0 Å². The summed E-state index contributed by atoms with van der Waals surface area (Å²) in [4.78, 5) is 31.8. The van der Waals surface area contributed by atoms with Gasteiger partial charge in [0, 0.05) is 56.6 Å². The molecule has 0 saturated carbocycles. The lowest BCUT2D eigenvalue weighted by molar-refractivity contribution is -0.133. The Hall–Kier alpha value is -3.18. The molecule has 0 radical (unpaired) electrons. The smallest absolute Gasteiger partial charge is 0.258 e. The quantitative estimate of drug-likeness (QED) is 0.615. The number of nitrogens with zero attached hydrogens (tertiary/aromatic N) is 3. The van der Waals surface area contributed by atoms with Crippen LogP contribution in [0, 0.1) is 0 Å². The highest BCUT2D eigenvalue weighted by Gasteiger charge is 2.29. The van der Waals surface area contributed by atoms with Crippen LogP contribution in [0.5, 0.6) is 0 Å². The lowest BCUT2D eigenvalue weighted by atomic mass is 10.1. The van der Waals surface area contributed by atoms with Crippen molar-refractivity contribution in [3.63, 3.8) is 0 Å². The molecular weight excluding hydrogens is 386 g/mol. The van der Waals surface area contributed by atoms with Crippen molar-refractivity contribution in [3.05, 3.63) is 77.9 Å². The van der Waals surface area contributed by atoms with Crippen LogP contribution in [0.25, 0.3) is 10.8 Å². The number of hydrogen-bond donors (Lipinski definition) is 0. The van der Waals surface area contributed by atoms with Crippen LogP contribution >= 0.6 is 0 Å². The van der Waals surface area contributed by atoms with Crippen LogP contribution < -0.4 is 4.90 Å². The Morgan fingerprint density at radius 2 is 1.58 bits per heavy atom. The highest BCUT2D eigenvalue weighted by molar-refractivity contribution is 6.25. The Morgan fingerprint density at radius 3 is 2.35 bits per heavy atom. The maximum Gasteiger partial charge on any atom is 0.258 e. The number of carbonyl (C=O) groups is 2. The first-order valence-electron chi connectivity index (χ1n) is 11.1. The Balaban J connectivity index is 1.12. The van der Waals surface area contributed by atoms with Crippen LogP contribution in [-0.4, -0.2) is 54.3 Å². The predicted molar refractivity (Wildman–Crippen MR) is 123 cm³/mol. The molecule has 3 aromatic carbocycles. The molecule has 5 heteroatoms. The number of piperazine rings is 1. The van der Waals surface area contributed by atoms with Crippen LogP contribution in [0.1, 0.15) is 28.8 Å². The van der Waals surface area contributed by atoms with Gasteiger partial charge in [-0.3, -0.25) is 14.5 Å². The Labute approximate surface area is 182 Å². The van der Waals surface area contributed by atoms with E-state index in [0.717, 1.165) is 54.7 Å². The predicted octanol–water partition coefficient (Wildman–Crippen LogP) is 3.92. The number of amides is 2. The fourth-order valence-electron chi connectivity index (χ4n) is 4.74. The van der Waals surface area contributed by atoms with Crippen molar-refractivity contribution in [1.82, 2.24) is 9.80 Å². The molecule has 0 bridgehead atoms. The molecule has 2 amide bonds. The normalized spacial score (nSPS) is 16.3. The van der Waals surface area contributed by atoms with Gasteiger partial charge in [0.1, 0.15) is 0 Å². The van der Waals surface area contributed by atoms with Gasteiger partial charge in [0.15, 0.2) is 0 Å². The lowest BCUT2D eigenvalue weighted by Crippen LogP contribution is -2.48. The van der Waals surface area contributed by atoms with E-state index in [0.29, 0.717) is 19.4 Å². The van der Waals surface area contributed by atoms with Gasteiger partial charge in [-0.2, -0.15) is 0 Å². The molecule has 0 spiro atoms. The summed E-state index contributed by atoms with van der Waals surface area (Å²) < 4.78 is 0. The van der Waals surface area contributed by atoms with Gasteiger partial charge in [-0.25, -0.2) is 0 Å². The summed E-state index contributed by atoms with van der Waals surface area (Å²) in [5.74, 6) is 0.246. The molecular formula is C26H27N3O2. The minimum Gasteiger partial charge on any atom is -0.340 e. The Bertz CT molecular complexity index is 1100.